The van der Waals surface area contributed by atoms with Gasteiger partial charge in [0.25, 0.3) is 0 Å². The van der Waals surface area contributed by atoms with Crippen LogP contribution in [0.25, 0.3) is 0 Å². The lowest BCUT2D eigenvalue weighted by Crippen LogP contribution is -2.33. The summed E-state index contributed by atoms with van der Waals surface area (Å²) >= 11 is 0. The van der Waals surface area contributed by atoms with Gasteiger partial charge in [0.15, 0.2) is 0 Å². The highest BCUT2D eigenvalue weighted by molar-refractivity contribution is 5.81. The lowest BCUT2D eigenvalue weighted by molar-refractivity contribution is -0.124. The zero-order chi connectivity index (χ0) is 14.4. The molecule has 0 radical (unpaired) electrons. The number of nitrogens with zero attached hydrogens (tertiary/aromatic N) is 2. The highest BCUT2D eigenvalue weighted by atomic mass is 16.1. The maximum Gasteiger partial charge on any atom is 0.238 e. The van der Waals surface area contributed by atoms with Crippen LogP contribution in [0.15, 0.2) is 42.7 Å². The van der Waals surface area contributed by atoms with Crippen LogP contribution in [0.4, 0.5) is 0 Å². The van der Waals surface area contributed by atoms with Gasteiger partial charge < -0.3 is 10.3 Å². The van der Waals surface area contributed by atoms with Gasteiger partial charge in [0.1, 0.15) is 11.7 Å². The molecule has 2 N–H and O–H groups in total. The van der Waals surface area contributed by atoms with Gasteiger partial charge in [0.2, 0.25) is 5.91 Å². The number of nitriles is 1. The van der Waals surface area contributed by atoms with Crippen molar-refractivity contribution >= 4 is 5.91 Å². The largest absolute Gasteiger partial charge is 0.347 e. The summed E-state index contributed by atoms with van der Waals surface area (Å²) in [6.07, 6.45) is 3.74. The molecular formula is C15H16N4O. The normalized spacial score (nSPS) is 13.2. The van der Waals surface area contributed by atoms with Crippen molar-refractivity contribution in [2.24, 2.45) is 5.92 Å². The molecule has 2 aromatic rings. The van der Waals surface area contributed by atoms with Gasteiger partial charge >= 0.3 is 0 Å². The molecule has 2 atom stereocenters. The molecule has 102 valence electrons. The predicted molar refractivity (Wildman–Crippen MR) is 74.4 cm³/mol. The molecule has 0 aliphatic carbocycles. The Morgan fingerprint density at radius 3 is 2.80 bits per heavy atom. The molecule has 2 rings (SSSR count). The summed E-state index contributed by atoms with van der Waals surface area (Å²) in [5.74, 6) is -0.301. The predicted octanol–water partition coefficient (Wildman–Crippen LogP) is 1.97. The Labute approximate surface area is 117 Å². The third-order valence-corrected chi connectivity index (χ3v) is 3.04. The number of carbonyl (C=O) groups excluding carboxylic acids is 1. The zero-order valence-electron chi connectivity index (χ0n) is 11.2. The van der Waals surface area contributed by atoms with E-state index < -0.39 is 5.92 Å². The summed E-state index contributed by atoms with van der Waals surface area (Å²) in [5, 5.41) is 12.0. The zero-order valence-corrected chi connectivity index (χ0v) is 11.2. The lowest BCUT2D eigenvalue weighted by Gasteiger charge is -2.14. The number of aromatic nitrogens is 2. The van der Waals surface area contributed by atoms with Crippen LogP contribution in [-0.2, 0) is 11.2 Å². The van der Waals surface area contributed by atoms with Crippen molar-refractivity contribution in [1.82, 2.24) is 15.3 Å². The van der Waals surface area contributed by atoms with Crippen LogP contribution in [0.3, 0.4) is 0 Å². The summed E-state index contributed by atoms with van der Waals surface area (Å²) in [6.45, 7) is 1.83. The SMILES string of the molecule is CC(NC(=O)C(C#N)Cc1ccccc1)c1ncc[nH]1. The highest BCUT2D eigenvalue weighted by Crippen LogP contribution is 2.11. The molecule has 5 heteroatoms. The van der Waals surface area contributed by atoms with Gasteiger partial charge in [-0.2, -0.15) is 5.26 Å². The second-order valence-corrected chi connectivity index (χ2v) is 4.58. The van der Waals surface area contributed by atoms with E-state index in [4.69, 9.17) is 5.26 Å². The van der Waals surface area contributed by atoms with Crippen molar-refractivity contribution in [2.75, 3.05) is 0 Å². The molecule has 2 unspecified atom stereocenters. The average molecular weight is 268 g/mol. The molecule has 0 aliphatic heterocycles. The lowest BCUT2D eigenvalue weighted by atomic mass is 9.99. The van der Waals surface area contributed by atoms with Crippen LogP contribution in [0.1, 0.15) is 24.4 Å². The topological polar surface area (TPSA) is 81.6 Å². The molecule has 1 amide bonds. The van der Waals surface area contributed by atoms with Crippen LogP contribution in [-0.4, -0.2) is 15.9 Å². The van der Waals surface area contributed by atoms with Crippen molar-refractivity contribution in [1.29, 1.82) is 5.26 Å². The van der Waals surface area contributed by atoms with Crippen LogP contribution in [0.2, 0.25) is 0 Å². The molecule has 0 spiro atoms. The van der Waals surface area contributed by atoms with E-state index in [9.17, 15) is 4.79 Å². The number of H-pyrrole nitrogens is 1. The maximum absolute atomic E-state index is 12.1. The molecule has 1 aromatic heterocycles. The Bertz CT molecular complexity index is 586. The van der Waals surface area contributed by atoms with Crippen molar-refractivity contribution < 1.29 is 4.79 Å². The van der Waals surface area contributed by atoms with Crippen molar-refractivity contribution in [3.05, 3.63) is 54.1 Å². The number of aromatic amines is 1. The summed E-state index contributed by atoms with van der Waals surface area (Å²) in [5.41, 5.74) is 0.972. The number of carbonyl (C=O) groups is 1. The minimum Gasteiger partial charge on any atom is -0.347 e. The Balaban J connectivity index is 1.98. The summed E-state index contributed by atoms with van der Waals surface area (Å²) < 4.78 is 0. The minimum atomic E-state index is -0.699. The van der Waals surface area contributed by atoms with Crippen LogP contribution >= 0.6 is 0 Å². The Morgan fingerprint density at radius 2 is 2.20 bits per heavy atom. The Hall–Kier alpha value is -2.61. The fourth-order valence-corrected chi connectivity index (χ4v) is 1.94. The van der Waals surface area contributed by atoms with Gasteiger partial charge in [-0.3, -0.25) is 4.79 Å². The van der Waals surface area contributed by atoms with Gasteiger partial charge in [-0.1, -0.05) is 30.3 Å². The summed E-state index contributed by atoms with van der Waals surface area (Å²) in [7, 11) is 0. The number of amides is 1. The van der Waals surface area contributed by atoms with E-state index >= 15 is 0 Å². The van der Waals surface area contributed by atoms with E-state index in [1.54, 1.807) is 12.4 Å². The first-order valence-corrected chi connectivity index (χ1v) is 6.44. The number of hydrogen-bond donors (Lipinski definition) is 2. The van der Waals surface area contributed by atoms with Gasteiger partial charge in [0, 0.05) is 12.4 Å². The van der Waals surface area contributed by atoms with Crippen molar-refractivity contribution in [2.45, 2.75) is 19.4 Å². The molecule has 0 saturated heterocycles. The Morgan fingerprint density at radius 1 is 1.45 bits per heavy atom. The fourth-order valence-electron chi connectivity index (χ4n) is 1.94. The maximum atomic E-state index is 12.1. The number of hydrogen-bond acceptors (Lipinski definition) is 3. The van der Waals surface area contributed by atoms with E-state index in [1.165, 1.54) is 0 Å². The van der Waals surface area contributed by atoms with E-state index in [-0.39, 0.29) is 11.9 Å². The Kier molecular flexibility index (Phi) is 4.51. The molecule has 0 saturated carbocycles. The van der Waals surface area contributed by atoms with E-state index in [2.05, 4.69) is 21.4 Å². The minimum absolute atomic E-state index is 0.246. The molecule has 1 aromatic carbocycles. The van der Waals surface area contributed by atoms with Crippen LogP contribution < -0.4 is 5.32 Å². The first-order chi connectivity index (χ1) is 9.70. The first kappa shape index (κ1) is 13.8. The first-order valence-electron chi connectivity index (χ1n) is 6.44. The second-order valence-electron chi connectivity index (χ2n) is 4.58. The smallest absolute Gasteiger partial charge is 0.238 e. The molecule has 5 nitrogen and oxygen atoms in total. The number of nitrogens with one attached hydrogen (secondary N) is 2. The van der Waals surface area contributed by atoms with Crippen LogP contribution in [0.5, 0.6) is 0 Å². The van der Waals surface area contributed by atoms with Crippen LogP contribution in [0, 0.1) is 17.2 Å². The number of rotatable bonds is 5. The average Bonchev–Trinajstić information content (AvgIpc) is 3.00. The summed E-state index contributed by atoms with van der Waals surface area (Å²) in [4.78, 5) is 19.1. The summed E-state index contributed by atoms with van der Waals surface area (Å²) in [6, 6.07) is 11.3. The highest BCUT2D eigenvalue weighted by Gasteiger charge is 2.21. The molecule has 0 aliphatic rings. The third-order valence-electron chi connectivity index (χ3n) is 3.04. The van der Waals surface area contributed by atoms with E-state index in [1.807, 2.05) is 37.3 Å². The number of imidazole rings is 1. The quantitative estimate of drug-likeness (QED) is 0.869. The van der Waals surface area contributed by atoms with E-state index in [0.717, 1.165) is 5.56 Å². The molecular weight excluding hydrogens is 252 g/mol. The molecule has 0 bridgehead atoms. The molecule has 20 heavy (non-hydrogen) atoms. The van der Waals surface area contributed by atoms with Gasteiger partial charge in [0.05, 0.1) is 12.1 Å². The molecule has 1 heterocycles. The second kappa shape index (κ2) is 6.53. The van der Waals surface area contributed by atoms with Gasteiger partial charge in [-0.15, -0.1) is 0 Å². The third kappa shape index (κ3) is 3.45. The van der Waals surface area contributed by atoms with Crippen molar-refractivity contribution in [3.63, 3.8) is 0 Å². The molecule has 0 fully saturated rings. The monoisotopic (exact) mass is 268 g/mol. The van der Waals surface area contributed by atoms with Crippen molar-refractivity contribution in [3.8, 4) is 6.07 Å². The fraction of sp³-hybridized carbons (Fsp3) is 0.267. The standard InChI is InChI=1S/C15H16N4O/c1-11(14-17-7-8-18-14)19-15(20)13(10-16)9-12-5-3-2-4-6-12/h2-8,11,13H,9H2,1H3,(H,17,18)(H,19,20). The van der Waals surface area contributed by atoms with E-state index in [0.29, 0.717) is 12.2 Å². The van der Waals surface area contributed by atoms with Gasteiger partial charge in [-0.05, 0) is 18.9 Å². The number of benzene rings is 1. The van der Waals surface area contributed by atoms with Gasteiger partial charge in [-0.25, -0.2) is 4.98 Å².